The molecular weight excluding hydrogens is 1830 g/mol. The Morgan fingerprint density at radius 1 is 0.135 bits per heavy atom. The zero-order valence-corrected chi connectivity index (χ0v) is 78.7. The van der Waals surface area contributed by atoms with Crippen molar-refractivity contribution in [1.29, 1.82) is 0 Å². The summed E-state index contributed by atoms with van der Waals surface area (Å²) in [5, 5.41) is 27.7. The van der Waals surface area contributed by atoms with E-state index in [-0.39, 0.29) is 0 Å². The van der Waals surface area contributed by atoms with E-state index < -0.39 is 0 Å². The van der Waals surface area contributed by atoms with Gasteiger partial charge in [-0.15, -0.1) is 56.7 Å². The molecule has 0 spiro atoms. The highest BCUT2D eigenvalue weighted by Crippen LogP contribution is 2.59. The van der Waals surface area contributed by atoms with Gasteiger partial charge in [0.1, 0.15) is 50.2 Å². The third-order valence-corrected chi connectivity index (χ3v) is 34.3. The molecule has 15 heteroatoms. The van der Waals surface area contributed by atoms with Crippen molar-refractivity contribution in [2.24, 2.45) is 0 Å². The van der Waals surface area contributed by atoms with Crippen molar-refractivity contribution in [2.75, 3.05) is 14.7 Å². The lowest BCUT2D eigenvalue weighted by Gasteiger charge is -2.28. The zero-order valence-electron chi connectivity index (χ0n) is 74.6. The van der Waals surface area contributed by atoms with Crippen molar-refractivity contribution in [3.05, 3.63) is 419 Å². The van der Waals surface area contributed by atoms with Crippen LogP contribution in [-0.4, -0.2) is 0 Å². The molecule has 0 saturated carbocycles. The normalized spacial score (nSPS) is 12.3. The molecule has 33 aromatic rings. The van der Waals surface area contributed by atoms with Crippen LogP contribution in [0, 0.1) is 0 Å². The molecule has 141 heavy (non-hydrogen) atoms. The number of hydrogen-bond acceptors (Lipinski definition) is 15. The maximum absolute atomic E-state index is 6.71. The number of anilines is 9. The van der Waals surface area contributed by atoms with Crippen LogP contribution in [0.5, 0.6) is 0 Å². The molecule has 0 unspecified atom stereocenters. The molecule has 0 aliphatic rings. The van der Waals surface area contributed by atoms with Crippen molar-refractivity contribution in [2.45, 2.75) is 0 Å². The molecule has 10 nitrogen and oxygen atoms in total. The maximum Gasteiger partial charge on any atom is 0.159 e. The number of fused-ring (bicyclic) bond motifs is 39. The first kappa shape index (κ1) is 78.9. The average Bonchev–Trinajstić information content (AvgIpc) is 1.56. The van der Waals surface area contributed by atoms with Gasteiger partial charge in [0.2, 0.25) is 0 Å². The Balaban J connectivity index is 0.0000000972. The lowest BCUT2D eigenvalue weighted by Crippen LogP contribution is -2.11. The second-order valence-electron chi connectivity index (χ2n) is 36.1. The van der Waals surface area contributed by atoms with Crippen molar-refractivity contribution in [1.82, 2.24) is 0 Å². The quantitative estimate of drug-likeness (QED) is 0.139. The van der Waals surface area contributed by atoms with Crippen LogP contribution < -0.4 is 14.7 Å². The van der Waals surface area contributed by atoms with Gasteiger partial charge in [-0.2, -0.15) is 0 Å². The lowest BCUT2D eigenvalue weighted by atomic mass is 10.0. The first-order valence-corrected chi connectivity index (χ1v) is 51.1. The van der Waals surface area contributed by atoms with Gasteiger partial charge < -0.3 is 45.6 Å². The third kappa shape index (κ3) is 11.8. The number of para-hydroxylation sites is 9. The Morgan fingerprint density at radius 2 is 0.369 bits per heavy atom. The van der Waals surface area contributed by atoms with E-state index in [2.05, 4.69) is 373 Å². The summed E-state index contributed by atoms with van der Waals surface area (Å²) in [5.41, 5.74) is 21.9. The summed E-state index contributed by atoms with van der Waals surface area (Å²) < 4.78 is 58.5. The van der Waals surface area contributed by atoms with E-state index in [1.165, 1.54) is 97.8 Å². The zero-order chi connectivity index (χ0) is 91.9. The van der Waals surface area contributed by atoms with Crippen LogP contribution >= 0.6 is 56.7 Å². The summed E-state index contributed by atoms with van der Waals surface area (Å²) in [6.45, 7) is 0. The Bertz CT molecular complexity index is 10400. The molecular formula is C126H69N3O7S5. The summed E-state index contributed by atoms with van der Waals surface area (Å²) in [5.74, 6) is 0. The van der Waals surface area contributed by atoms with Gasteiger partial charge in [0.25, 0.3) is 0 Å². The average molecular weight is 1900 g/mol. The summed E-state index contributed by atoms with van der Waals surface area (Å²) in [7, 11) is 0. The largest absolute Gasteiger partial charge is 0.456 e. The summed E-state index contributed by atoms with van der Waals surface area (Å²) in [6, 6.07) is 148. The lowest BCUT2D eigenvalue weighted by molar-refractivity contribution is 0.666. The Kier molecular flexibility index (Phi) is 17.1. The maximum atomic E-state index is 6.71. The second-order valence-corrected chi connectivity index (χ2v) is 41.4. The monoisotopic (exact) mass is 1900 g/mol. The van der Waals surface area contributed by atoms with Gasteiger partial charge >= 0.3 is 0 Å². The van der Waals surface area contributed by atoms with Crippen LogP contribution in [-0.2, 0) is 0 Å². The molecule has 33 rings (SSSR count). The number of benzene rings is 21. The van der Waals surface area contributed by atoms with Crippen LogP contribution in [0.25, 0.3) is 254 Å². The fourth-order valence-corrected chi connectivity index (χ4v) is 28.2. The fraction of sp³-hybridized carbons (Fsp3) is 0. The molecule has 660 valence electrons. The number of thiophene rings is 5. The SMILES string of the molecule is c1ccc2c(c1)oc1c(N(c3cccc4c3oc3ccccc34)c3cc4c5ccccc5oc4c4sc5ccccc5c34)cccc12.c1ccc2c(c1)oc1c2cc(N(c2cccc3c2sc2ccccc23)c2cccc3c2sc2ccccc23)c2c3ccccc3sc12.c1ccc2c(c1)oc1cc(N(c3ccc4c(c3)oc3ccccc34)c3cc4c5ccccc5oc4c4sc5ccccc5c34)ccc12. The minimum atomic E-state index is 0.826. The van der Waals surface area contributed by atoms with Crippen molar-refractivity contribution in [3.63, 3.8) is 0 Å². The van der Waals surface area contributed by atoms with E-state index in [0.29, 0.717) is 0 Å². The van der Waals surface area contributed by atoms with Gasteiger partial charge in [-0.1, -0.05) is 267 Å². The standard InChI is InChI=1S/2C42H23NO3S.C42H23NOS3/c1-5-19-34-24(11-1)27-15-9-17-31(39(27)44-34)43(32-18-10-16-28-25-12-2-6-20-35(25)45-40(28)32)33-23-30-26-13-3-7-21-36(26)46-41(30)42-38(33)29-14-4-8-22-37(29)47-42;1-5-13-34-26(9-1)29-19-17-24(21-37(29)44-34)43(25-18-20-30-27-10-2-6-14-35(27)45-38(30)22-25)33-23-32-28-11-3-7-15-36(28)46-41(32)42-40(33)31-12-4-8-16-39(31)47-42;1-5-19-34-24(11-1)30-23-33(38-29-14-4-8-22-37(29)47-42(38)39(30)44-34)43(31-17-9-15-27-25-12-2-6-20-35(25)45-40(27)31)32-18-10-16-28-26-13-3-7-21-36(26)46-41(28)32/h3*1-23H. The number of hydrogen-bond donors (Lipinski definition) is 0. The molecule has 0 amide bonds. The predicted octanol–water partition coefficient (Wildman–Crippen LogP) is 40.6. The number of furan rings is 7. The molecule has 12 aromatic heterocycles. The van der Waals surface area contributed by atoms with Crippen LogP contribution in [0.3, 0.4) is 0 Å². The minimum Gasteiger partial charge on any atom is -0.456 e. The first-order valence-electron chi connectivity index (χ1n) is 47.0. The highest BCUT2D eigenvalue weighted by atomic mass is 32.1. The summed E-state index contributed by atoms with van der Waals surface area (Å²) >= 11 is 9.15. The summed E-state index contributed by atoms with van der Waals surface area (Å²) in [4.78, 5) is 7.25. The Labute approximate surface area is 819 Å². The highest BCUT2D eigenvalue weighted by molar-refractivity contribution is 7.28. The molecule has 0 radical (unpaired) electrons. The van der Waals surface area contributed by atoms with E-state index >= 15 is 0 Å². The molecule has 12 heterocycles. The van der Waals surface area contributed by atoms with Crippen molar-refractivity contribution in [3.8, 4) is 0 Å². The van der Waals surface area contributed by atoms with E-state index in [1.807, 2.05) is 94.7 Å². The number of nitrogens with zero attached hydrogens (tertiary/aromatic N) is 3. The minimum absolute atomic E-state index is 0.826. The van der Waals surface area contributed by atoms with Gasteiger partial charge in [-0.25, -0.2) is 0 Å². The van der Waals surface area contributed by atoms with E-state index in [4.69, 9.17) is 30.9 Å². The van der Waals surface area contributed by atoms with Crippen LogP contribution in [0.2, 0.25) is 0 Å². The Hall–Kier alpha value is -17.3. The smallest absolute Gasteiger partial charge is 0.159 e. The van der Waals surface area contributed by atoms with Crippen LogP contribution in [0.4, 0.5) is 51.2 Å². The van der Waals surface area contributed by atoms with Gasteiger partial charge in [-0.05, 0) is 140 Å². The molecule has 0 saturated heterocycles. The van der Waals surface area contributed by atoms with Gasteiger partial charge in [-0.3, -0.25) is 0 Å². The second kappa shape index (κ2) is 30.6. The van der Waals surface area contributed by atoms with Crippen LogP contribution in [0.1, 0.15) is 0 Å². The Morgan fingerprint density at radius 3 is 0.716 bits per heavy atom. The summed E-state index contributed by atoms with van der Waals surface area (Å²) in [6.07, 6.45) is 0. The topological polar surface area (TPSA) is 102 Å². The highest BCUT2D eigenvalue weighted by Gasteiger charge is 2.33. The van der Waals surface area contributed by atoms with Crippen molar-refractivity contribution >= 4 is 362 Å². The predicted molar refractivity (Wildman–Crippen MR) is 599 cm³/mol. The molecule has 0 N–H and O–H groups in total. The molecule has 0 aliphatic carbocycles. The van der Waals surface area contributed by atoms with E-state index in [1.54, 1.807) is 22.7 Å². The molecule has 21 aromatic carbocycles. The molecule has 0 atom stereocenters. The molecule has 0 bridgehead atoms. The van der Waals surface area contributed by atoms with E-state index in [0.717, 1.165) is 208 Å². The number of rotatable bonds is 9. The molecule has 0 fully saturated rings. The third-order valence-electron chi connectivity index (χ3n) is 28.4. The van der Waals surface area contributed by atoms with E-state index in [9.17, 15) is 0 Å². The van der Waals surface area contributed by atoms with Crippen molar-refractivity contribution < 1.29 is 30.9 Å². The molecule has 0 aliphatic heterocycles. The van der Waals surface area contributed by atoms with Gasteiger partial charge in [0, 0.05) is 176 Å². The van der Waals surface area contributed by atoms with Gasteiger partial charge in [0.05, 0.1) is 63.3 Å². The van der Waals surface area contributed by atoms with Gasteiger partial charge in [0.15, 0.2) is 27.9 Å². The first-order chi connectivity index (χ1) is 69.9. The van der Waals surface area contributed by atoms with Crippen LogP contribution in [0.15, 0.2) is 449 Å². The fourth-order valence-electron chi connectivity index (χ4n) is 22.2.